The first-order valence-corrected chi connectivity index (χ1v) is 9.22. The monoisotopic (exact) mass is 392 g/mol. The molecule has 8 heteroatoms. The number of carbonyl (C=O) groups excluding carboxylic acids is 1. The fourth-order valence-corrected chi connectivity index (χ4v) is 4.09. The minimum atomic E-state index is 0. The molecule has 3 aromatic rings. The van der Waals surface area contributed by atoms with Gasteiger partial charge in [0.2, 0.25) is 0 Å². The molecule has 0 bridgehead atoms. The first kappa shape index (κ1) is 18.8. The number of benzene rings is 1. The predicted molar refractivity (Wildman–Crippen MR) is 104 cm³/mol. The molecule has 1 amide bonds. The predicted octanol–water partition coefficient (Wildman–Crippen LogP) is 3.28. The maximum Gasteiger partial charge on any atom is 0.282 e. The molecular weight excluding hydrogens is 372 g/mol. The number of nitrogens with zero attached hydrogens (tertiary/aromatic N) is 4. The molecule has 1 saturated heterocycles. The van der Waals surface area contributed by atoms with Crippen molar-refractivity contribution >= 4 is 39.9 Å². The standard InChI is InChI=1S/C18H20N4O2S.ClH/c1-12-14(13(2)24-20-12)11-21-7-9-22(10-8-21)18(23)17-19-15-5-3-4-6-16(15)25-17;/h3-6H,7-11H2,1-2H3;1H. The van der Waals surface area contributed by atoms with Crippen LogP contribution in [0.4, 0.5) is 0 Å². The number of hydrogen-bond acceptors (Lipinski definition) is 6. The maximum atomic E-state index is 12.7. The van der Waals surface area contributed by atoms with E-state index >= 15 is 0 Å². The molecular formula is C18H21ClN4O2S. The van der Waals surface area contributed by atoms with Crippen molar-refractivity contribution < 1.29 is 9.32 Å². The smallest absolute Gasteiger partial charge is 0.282 e. The van der Waals surface area contributed by atoms with E-state index in [-0.39, 0.29) is 18.3 Å². The van der Waals surface area contributed by atoms with Crippen molar-refractivity contribution in [3.63, 3.8) is 0 Å². The molecule has 1 aliphatic rings. The number of halogens is 1. The van der Waals surface area contributed by atoms with Crippen molar-refractivity contribution in [3.8, 4) is 0 Å². The van der Waals surface area contributed by atoms with Crippen LogP contribution in [0.5, 0.6) is 0 Å². The lowest BCUT2D eigenvalue weighted by molar-refractivity contribution is 0.0627. The number of aryl methyl sites for hydroxylation is 2. The summed E-state index contributed by atoms with van der Waals surface area (Å²) < 4.78 is 6.29. The number of thiazole rings is 1. The van der Waals surface area contributed by atoms with Crippen molar-refractivity contribution in [2.45, 2.75) is 20.4 Å². The van der Waals surface area contributed by atoms with E-state index in [1.54, 1.807) is 0 Å². The van der Waals surface area contributed by atoms with Gasteiger partial charge in [0.25, 0.3) is 5.91 Å². The highest BCUT2D eigenvalue weighted by atomic mass is 35.5. The van der Waals surface area contributed by atoms with Gasteiger partial charge in [-0.05, 0) is 26.0 Å². The van der Waals surface area contributed by atoms with Crippen LogP contribution in [-0.2, 0) is 6.54 Å². The van der Waals surface area contributed by atoms with E-state index < -0.39 is 0 Å². The third-order valence-corrected chi connectivity index (χ3v) is 5.72. The van der Waals surface area contributed by atoms with Crippen molar-refractivity contribution in [1.29, 1.82) is 0 Å². The van der Waals surface area contributed by atoms with Gasteiger partial charge < -0.3 is 9.42 Å². The Morgan fingerprint density at radius 3 is 2.58 bits per heavy atom. The Hall–Kier alpha value is -1.96. The highest BCUT2D eigenvalue weighted by Crippen LogP contribution is 2.23. The number of para-hydroxylation sites is 1. The quantitative estimate of drug-likeness (QED) is 0.684. The molecule has 0 N–H and O–H groups in total. The fourth-order valence-electron chi connectivity index (χ4n) is 3.16. The molecule has 3 heterocycles. The lowest BCUT2D eigenvalue weighted by Gasteiger charge is -2.34. The normalized spacial score (nSPS) is 15.2. The van der Waals surface area contributed by atoms with E-state index in [2.05, 4.69) is 15.0 Å². The average molecular weight is 393 g/mol. The lowest BCUT2D eigenvalue weighted by atomic mass is 10.2. The minimum absolute atomic E-state index is 0. The van der Waals surface area contributed by atoms with Crippen LogP contribution >= 0.6 is 23.7 Å². The number of fused-ring (bicyclic) bond motifs is 1. The van der Waals surface area contributed by atoms with Gasteiger partial charge >= 0.3 is 0 Å². The molecule has 0 radical (unpaired) electrons. The van der Waals surface area contributed by atoms with Gasteiger partial charge in [-0.3, -0.25) is 9.69 Å². The molecule has 1 aliphatic heterocycles. The highest BCUT2D eigenvalue weighted by molar-refractivity contribution is 7.20. The average Bonchev–Trinajstić information content (AvgIpc) is 3.20. The zero-order valence-electron chi connectivity index (χ0n) is 14.8. The third kappa shape index (κ3) is 3.60. The van der Waals surface area contributed by atoms with Gasteiger partial charge in [0.05, 0.1) is 15.9 Å². The summed E-state index contributed by atoms with van der Waals surface area (Å²) >= 11 is 1.47. The van der Waals surface area contributed by atoms with Crippen LogP contribution in [0.3, 0.4) is 0 Å². The Morgan fingerprint density at radius 1 is 1.19 bits per heavy atom. The van der Waals surface area contributed by atoms with E-state index in [0.717, 1.165) is 60.0 Å². The second-order valence-corrected chi connectivity index (χ2v) is 7.39. The molecule has 1 fully saturated rings. The van der Waals surface area contributed by atoms with Crippen molar-refractivity contribution in [2.75, 3.05) is 26.2 Å². The topological polar surface area (TPSA) is 62.5 Å². The van der Waals surface area contributed by atoms with Crippen molar-refractivity contribution in [1.82, 2.24) is 19.9 Å². The number of aromatic nitrogens is 2. The summed E-state index contributed by atoms with van der Waals surface area (Å²) in [6.45, 7) is 7.88. The third-order valence-electron chi connectivity index (χ3n) is 4.70. The van der Waals surface area contributed by atoms with E-state index in [1.165, 1.54) is 11.3 Å². The van der Waals surface area contributed by atoms with Crippen molar-refractivity contribution in [2.24, 2.45) is 0 Å². The molecule has 26 heavy (non-hydrogen) atoms. The fraction of sp³-hybridized carbons (Fsp3) is 0.389. The summed E-state index contributed by atoms with van der Waals surface area (Å²) in [4.78, 5) is 21.5. The molecule has 2 aromatic heterocycles. The van der Waals surface area contributed by atoms with Crippen LogP contribution < -0.4 is 0 Å². The number of rotatable bonds is 3. The molecule has 1 aromatic carbocycles. The molecule has 6 nitrogen and oxygen atoms in total. The summed E-state index contributed by atoms with van der Waals surface area (Å²) in [5.41, 5.74) is 3.00. The Balaban J connectivity index is 0.00000196. The Labute approximate surface area is 162 Å². The zero-order chi connectivity index (χ0) is 17.4. The van der Waals surface area contributed by atoms with Gasteiger partial charge in [-0.2, -0.15) is 0 Å². The van der Waals surface area contributed by atoms with Gasteiger partial charge in [0, 0.05) is 38.3 Å². The van der Waals surface area contributed by atoms with Gasteiger partial charge in [0.1, 0.15) is 5.76 Å². The number of carbonyl (C=O) groups is 1. The highest BCUT2D eigenvalue weighted by Gasteiger charge is 2.25. The van der Waals surface area contributed by atoms with Gasteiger partial charge in [-0.25, -0.2) is 4.98 Å². The summed E-state index contributed by atoms with van der Waals surface area (Å²) in [5.74, 6) is 0.920. The summed E-state index contributed by atoms with van der Waals surface area (Å²) in [7, 11) is 0. The molecule has 4 rings (SSSR count). The van der Waals surface area contributed by atoms with E-state index in [9.17, 15) is 4.79 Å². The second kappa shape index (κ2) is 7.73. The van der Waals surface area contributed by atoms with Crippen LogP contribution in [0.1, 0.15) is 26.8 Å². The largest absolute Gasteiger partial charge is 0.361 e. The Kier molecular flexibility index (Phi) is 5.60. The first-order chi connectivity index (χ1) is 12.1. The molecule has 138 valence electrons. The molecule has 0 unspecified atom stereocenters. The van der Waals surface area contributed by atoms with Crippen LogP contribution in [-0.4, -0.2) is 52.0 Å². The summed E-state index contributed by atoms with van der Waals surface area (Å²) in [6, 6.07) is 7.88. The van der Waals surface area contributed by atoms with E-state index in [4.69, 9.17) is 4.52 Å². The summed E-state index contributed by atoms with van der Waals surface area (Å²) in [5, 5.41) is 4.60. The molecule has 0 aliphatic carbocycles. The lowest BCUT2D eigenvalue weighted by Crippen LogP contribution is -2.48. The number of piperazine rings is 1. The Bertz CT molecular complexity index is 862. The van der Waals surface area contributed by atoms with Gasteiger partial charge in [-0.15, -0.1) is 23.7 Å². The second-order valence-electron chi connectivity index (χ2n) is 6.36. The van der Waals surface area contributed by atoms with Crippen molar-refractivity contribution in [3.05, 3.63) is 46.3 Å². The minimum Gasteiger partial charge on any atom is -0.361 e. The molecule has 0 atom stereocenters. The number of amides is 1. The molecule has 0 spiro atoms. The van der Waals surface area contributed by atoms with Crippen LogP contribution in [0.2, 0.25) is 0 Å². The van der Waals surface area contributed by atoms with Crippen LogP contribution in [0.25, 0.3) is 10.2 Å². The first-order valence-electron chi connectivity index (χ1n) is 8.41. The maximum absolute atomic E-state index is 12.7. The zero-order valence-corrected chi connectivity index (χ0v) is 16.4. The van der Waals surface area contributed by atoms with Gasteiger partial charge in [0.15, 0.2) is 5.01 Å². The summed E-state index contributed by atoms with van der Waals surface area (Å²) in [6.07, 6.45) is 0. The Morgan fingerprint density at radius 2 is 1.92 bits per heavy atom. The van der Waals surface area contributed by atoms with Crippen LogP contribution in [0, 0.1) is 13.8 Å². The molecule has 0 saturated carbocycles. The van der Waals surface area contributed by atoms with Gasteiger partial charge in [-0.1, -0.05) is 17.3 Å². The van der Waals surface area contributed by atoms with E-state index in [0.29, 0.717) is 5.01 Å². The SMILES string of the molecule is Cc1noc(C)c1CN1CCN(C(=O)c2nc3ccccc3s2)CC1.Cl. The number of hydrogen-bond donors (Lipinski definition) is 0. The van der Waals surface area contributed by atoms with Crippen LogP contribution in [0.15, 0.2) is 28.8 Å². The van der Waals surface area contributed by atoms with E-state index in [1.807, 2.05) is 43.0 Å².